The predicted molar refractivity (Wildman–Crippen MR) is 153 cm³/mol. The molecule has 0 spiro atoms. The first-order chi connectivity index (χ1) is 19.4. The fourth-order valence-electron chi connectivity index (χ4n) is 4.66. The number of rotatable bonds is 11. The molecule has 0 aromatic heterocycles. The highest BCUT2D eigenvalue weighted by molar-refractivity contribution is 5.90. The van der Waals surface area contributed by atoms with Gasteiger partial charge < -0.3 is 19.7 Å². The lowest BCUT2D eigenvalue weighted by Gasteiger charge is -2.45. The van der Waals surface area contributed by atoms with E-state index in [1.807, 2.05) is 12.1 Å². The average Bonchev–Trinajstić information content (AvgIpc) is 3.02. The first-order valence-electron chi connectivity index (χ1n) is 12.7. The van der Waals surface area contributed by atoms with Crippen LogP contribution in [-0.2, 0) is 20.7 Å². The maximum Gasteiger partial charge on any atom is 0.338 e. The summed E-state index contributed by atoms with van der Waals surface area (Å²) in [7, 11) is 0. The third-order valence-electron chi connectivity index (χ3n) is 6.65. The number of aliphatic hydroxyl groups is 2. The minimum absolute atomic E-state index is 0.0689. The van der Waals surface area contributed by atoms with Gasteiger partial charge in [0.15, 0.2) is 11.2 Å². The largest absolute Gasteiger partial charge is 0.458 e. The first kappa shape index (κ1) is 28.2. The summed E-state index contributed by atoms with van der Waals surface area (Å²) in [5, 5.41) is 25.5. The lowest BCUT2D eigenvalue weighted by Crippen LogP contribution is -2.51. The van der Waals surface area contributed by atoms with Crippen molar-refractivity contribution >= 4 is 11.9 Å². The van der Waals surface area contributed by atoms with E-state index in [1.165, 1.54) is 12.2 Å². The van der Waals surface area contributed by atoms with Gasteiger partial charge in [-0.2, -0.15) is 0 Å². The van der Waals surface area contributed by atoms with Crippen molar-refractivity contribution in [3.05, 3.63) is 168 Å². The van der Waals surface area contributed by atoms with Gasteiger partial charge in [-0.25, -0.2) is 9.59 Å². The predicted octanol–water partition coefficient (Wildman–Crippen LogP) is 5.54. The first-order valence-corrected chi connectivity index (χ1v) is 12.7. The van der Waals surface area contributed by atoms with Gasteiger partial charge in [0.05, 0.1) is 11.1 Å². The van der Waals surface area contributed by atoms with Crippen molar-refractivity contribution in [3.8, 4) is 0 Å². The number of ether oxygens (including phenoxy) is 2. The van der Waals surface area contributed by atoms with Gasteiger partial charge in [0, 0.05) is 0 Å². The highest BCUT2D eigenvalue weighted by Crippen LogP contribution is 2.49. The van der Waals surface area contributed by atoms with Gasteiger partial charge >= 0.3 is 11.9 Å². The van der Waals surface area contributed by atoms with Crippen molar-refractivity contribution in [2.24, 2.45) is 0 Å². The van der Waals surface area contributed by atoms with Gasteiger partial charge in [-0.15, -0.1) is 0 Å². The van der Waals surface area contributed by atoms with Gasteiger partial charge in [0.25, 0.3) is 0 Å². The molecular formula is C34H30O6. The molecule has 0 heterocycles. The number of benzene rings is 4. The van der Waals surface area contributed by atoms with Crippen LogP contribution in [0.25, 0.3) is 0 Å². The molecule has 2 atom stereocenters. The normalized spacial score (nSPS) is 13.8. The van der Waals surface area contributed by atoms with Gasteiger partial charge in [-0.05, 0) is 46.5 Å². The van der Waals surface area contributed by atoms with E-state index >= 15 is 0 Å². The zero-order chi connectivity index (χ0) is 28.6. The van der Waals surface area contributed by atoms with Crippen LogP contribution >= 0.6 is 0 Å². The van der Waals surface area contributed by atoms with E-state index in [0.717, 1.165) is 0 Å². The molecule has 0 radical (unpaired) electrons. The molecule has 0 aliphatic carbocycles. The Morgan fingerprint density at radius 1 is 0.550 bits per heavy atom. The molecular weight excluding hydrogens is 504 g/mol. The van der Waals surface area contributed by atoms with Crippen LogP contribution in [0.3, 0.4) is 0 Å². The average molecular weight is 535 g/mol. The quantitative estimate of drug-likeness (QED) is 0.194. The topological polar surface area (TPSA) is 93.1 Å². The summed E-state index contributed by atoms with van der Waals surface area (Å²) in [4.78, 5) is 24.8. The molecule has 4 aromatic rings. The highest BCUT2D eigenvalue weighted by atomic mass is 16.5. The van der Waals surface area contributed by atoms with Crippen molar-refractivity contribution in [1.82, 2.24) is 0 Å². The summed E-state index contributed by atoms with van der Waals surface area (Å²) in [6, 6.07) is 30.1. The fourth-order valence-corrected chi connectivity index (χ4v) is 4.66. The number of hydrogen-bond donors (Lipinski definition) is 2. The smallest absolute Gasteiger partial charge is 0.338 e. The maximum absolute atomic E-state index is 12.8. The molecule has 4 rings (SSSR count). The molecule has 0 aliphatic rings. The van der Waals surface area contributed by atoms with E-state index in [0.29, 0.717) is 22.3 Å². The molecule has 0 saturated carbocycles. The third kappa shape index (κ3) is 5.36. The molecule has 2 unspecified atom stereocenters. The molecule has 202 valence electrons. The second-order valence-electron chi connectivity index (χ2n) is 9.08. The number of esters is 2. The molecule has 0 saturated heterocycles. The lowest BCUT2D eigenvalue weighted by molar-refractivity contribution is -0.113. The van der Waals surface area contributed by atoms with Crippen molar-refractivity contribution in [1.29, 1.82) is 0 Å². The van der Waals surface area contributed by atoms with Crippen molar-refractivity contribution in [2.45, 2.75) is 11.2 Å². The Hall–Kier alpha value is -4.78. The number of carbonyl (C=O) groups excluding carboxylic acids is 2. The maximum atomic E-state index is 12.8. The molecule has 6 heteroatoms. The number of carbonyl (C=O) groups is 2. The Morgan fingerprint density at radius 3 is 1.15 bits per heavy atom. The van der Waals surface area contributed by atoms with Crippen LogP contribution in [0, 0.1) is 0 Å². The minimum Gasteiger partial charge on any atom is -0.458 e. The zero-order valence-corrected chi connectivity index (χ0v) is 21.9. The fraction of sp³-hybridized carbons (Fsp3) is 0.118. The molecule has 6 nitrogen and oxygen atoms in total. The van der Waals surface area contributed by atoms with Crippen LogP contribution in [0.2, 0.25) is 0 Å². The van der Waals surface area contributed by atoms with Gasteiger partial charge in [0.2, 0.25) is 0 Å². The Labute approximate surface area is 233 Å². The second-order valence-corrected chi connectivity index (χ2v) is 9.08. The number of hydrogen-bond acceptors (Lipinski definition) is 6. The molecule has 0 aliphatic heterocycles. The second kappa shape index (κ2) is 12.4. The Kier molecular flexibility index (Phi) is 8.74. The Morgan fingerprint density at radius 2 is 0.850 bits per heavy atom. The monoisotopic (exact) mass is 534 g/mol. The van der Waals surface area contributed by atoms with E-state index in [4.69, 9.17) is 9.47 Å². The molecule has 40 heavy (non-hydrogen) atoms. The van der Waals surface area contributed by atoms with Crippen LogP contribution in [0.4, 0.5) is 0 Å². The van der Waals surface area contributed by atoms with E-state index in [9.17, 15) is 19.8 Å². The van der Waals surface area contributed by atoms with Crippen LogP contribution < -0.4 is 0 Å². The third-order valence-corrected chi connectivity index (χ3v) is 6.65. The van der Waals surface area contributed by atoms with Gasteiger partial charge in [-0.3, -0.25) is 0 Å². The van der Waals surface area contributed by atoms with Gasteiger partial charge in [0.1, 0.15) is 13.2 Å². The zero-order valence-electron chi connectivity index (χ0n) is 21.9. The van der Waals surface area contributed by atoms with E-state index in [1.54, 1.807) is 97.1 Å². The molecule has 4 aromatic carbocycles. The van der Waals surface area contributed by atoms with Crippen LogP contribution in [0.1, 0.15) is 43.0 Å². The Balaban J connectivity index is 1.91. The molecule has 2 N–H and O–H groups in total. The van der Waals surface area contributed by atoms with Crippen molar-refractivity contribution < 1.29 is 29.3 Å². The van der Waals surface area contributed by atoms with Crippen LogP contribution in [0.15, 0.2) is 135 Å². The van der Waals surface area contributed by atoms with E-state index in [-0.39, 0.29) is 24.3 Å². The summed E-state index contributed by atoms with van der Waals surface area (Å²) in [5.41, 5.74) is -2.01. The van der Waals surface area contributed by atoms with Crippen molar-refractivity contribution in [2.75, 3.05) is 13.2 Å². The highest BCUT2D eigenvalue weighted by Gasteiger charge is 2.54. The van der Waals surface area contributed by atoms with Gasteiger partial charge in [-0.1, -0.05) is 110 Å². The SMILES string of the molecule is C=CCOC(=O)c1ccc(C(O)(c2ccccc2)C(O)(c2ccccc2)c2ccc(C(=O)OCC=C)cc2)cc1. The van der Waals surface area contributed by atoms with Crippen LogP contribution in [-0.4, -0.2) is 35.4 Å². The van der Waals surface area contributed by atoms with Crippen molar-refractivity contribution in [3.63, 3.8) is 0 Å². The van der Waals surface area contributed by atoms with Crippen LogP contribution in [0.5, 0.6) is 0 Å². The standard InChI is InChI=1S/C34H30O6/c1-3-23-39-31(35)25-15-19-29(20-16-25)33(37,27-11-7-5-8-12-27)34(38,28-13-9-6-10-14-28)30-21-17-26(18-22-30)32(36)40-24-4-2/h3-22,37-38H,1-2,23-24H2. The molecule has 0 bridgehead atoms. The van der Waals surface area contributed by atoms with E-state index in [2.05, 4.69) is 13.2 Å². The van der Waals surface area contributed by atoms with E-state index < -0.39 is 23.1 Å². The summed E-state index contributed by atoms with van der Waals surface area (Å²) >= 11 is 0. The molecule has 0 fully saturated rings. The lowest BCUT2D eigenvalue weighted by atomic mass is 9.66. The Bertz CT molecular complexity index is 1350. The minimum atomic E-state index is -2.04. The molecule has 0 amide bonds. The summed E-state index contributed by atoms with van der Waals surface area (Å²) < 4.78 is 10.3. The summed E-state index contributed by atoms with van der Waals surface area (Å²) in [6.45, 7) is 7.24. The summed E-state index contributed by atoms with van der Waals surface area (Å²) in [5.74, 6) is -1.07. The summed E-state index contributed by atoms with van der Waals surface area (Å²) in [6.07, 6.45) is 2.95.